The van der Waals surface area contributed by atoms with Gasteiger partial charge in [0.15, 0.2) is 11.6 Å². The van der Waals surface area contributed by atoms with E-state index in [1.54, 1.807) is 0 Å². The van der Waals surface area contributed by atoms with Crippen LogP contribution in [0.2, 0.25) is 0 Å². The quantitative estimate of drug-likeness (QED) is 0.864. The first-order chi connectivity index (χ1) is 8.63. The highest BCUT2D eigenvalue weighted by Gasteiger charge is 2.28. The maximum absolute atomic E-state index is 13.4. The van der Waals surface area contributed by atoms with Gasteiger partial charge < -0.3 is 11.1 Å². The lowest BCUT2D eigenvalue weighted by Crippen LogP contribution is -2.40. The van der Waals surface area contributed by atoms with Gasteiger partial charge in [0.2, 0.25) is 0 Å². The Hall–Kier alpha value is -1.49. The second-order valence-corrected chi connectivity index (χ2v) is 4.61. The van der Waals surface area contributed by atoms with Gasteiger partial charge in [0.25, 0.3) is 5.91 Å². The van der Waals surface area contributed by atoms with Gasteiger partial charge in [0.05, 0.1) is 5.56 Å². The molecule has 0 radical (unpaired) electrons. The van der Waals surface area contributed by atoms with Gasteiger partial charge in [-0.25, -0.2) is 8.78 Å². The molecule has 5 heteroatoms. The van der Waals surface area contributed by atoms with Gasteiger partial charge >= 0.3 is 0 Å². The minimum atomic E-state index is -1.10. The average molecular weight is 254 g/mol. The minimum Gasteiger partial charge on any atom is -0.349 e. The van der Waals surface area contributed by atoms with Crippen molar-refractivity contribution in [1.82, 2.24) is 5.32 Å². The van der Waals surface area contributed by atoms with E-state index < -0.39 is 17.5 Å². The summed E-state index contributed by atoms with van der Waals surface area (Å²) in [7, 11) is 0. The van der Waals surface area contributed by atoms with Crippen molar-refractivity contribution in [2.75, 3.05) is 6.54 Å². The van der Waals surface area contributed by atoms with Crippen LogP contribution in [0.1, 0.15) is 29.6 Å². The summed E-state index contributed by atoms with van der Waals surface area (Å²) in [6.45, 7) is 0.497. The zero-order valence-electron chi connectivity index (χ0n) is 9.96. The van der Waals surface area contributed by atoms with E-state index in [0.717, 1.165) is 25.3 Å². The molecule has 1 aromatic carbocycles. The maximum Gasteiger partial charge on any atom is 0.254 e. The molecule has 1 aliphatic carbocycles. The van der Waals surface area contributed by atoms with Crippen molar-refractivity contribution in [2.45, 2.75) is 25.3 Å². The van der Waals surface area contributed by atoms with Gasteiger partial charge in [-0.15, -0.1) is 0 Å². The number of nitrogens with two attached hydrogens (primary N) is 1. The van der Waals surface area contributed by atoms with Crippen LogP contribution >= 0.6 is 0 Å². The van der Waals surface area contributed by atoms with Gasteiger partial charge in [-0.2, -0.15) is 0 Å². The van der Waals surface area contributed by atoms with Gasteiger partial charge in [-0.1, -0.05) is 12.5 Å². The Morgan fingerprint density at radius 2 is 2.17 bits per heavy atom. The van der Waals surface area contributed by atoms with Crippen molar-refractivity contribution >= 4 is 5.91 Å². The van der Waals surface area contributed by atoms with Crippen molar-refractivity contribution in [1.29, 1.82) is 0 Å². The molecule has 3 nitrogen and oxygen atoms in total. The molecule has 3 N–H and O–H groups in total. The van der Waals surface area contributed by atoms with E-state index in [1.165, 1.54) is 12.1 Å². The van der Waals surface area contributed by atoms with Crippen LogP contribution in [-0.4, -0.2) is 18.5 Å². The summed E-state index contributed by atoms with van der Waals surface area (Å²) in [5.41, 5.74) is 5.36. The molecule has 0 spiro atoms. The molecule has 0 aromatic heterocycles. The molecule has 98 valence electrons. The molecule has 2 atom stereocenters. The topological polar surface area (TPSA) is 55.1 Å². The summed E-state index contributed by atoms with van der Waals surface area (Å²) >= 11 is 0. The van der Waals surface area contributed by atoms with Gasteiger partial charge in [0.1, 0.15) is 0 Å². The predicted octanol–water partition coefficient (Wildman–Crippen LogP) is 1.82. The third-order valence-electron chi connectivity index (χ3n) is 3.47. The van der Waals surface area contributed by atoms with Crippen LogP contribution in [0.15, 0.2) is 18.2 Å². The van der Waals surface area contributed by atoms with E-state index in [4.69, 9.17) is 5.73 Å². The van der Waals surface area contributed by atoms with Crippen LogP contribution in [0, 0.1) is 17.6 Å². The summed E-state index contributed by atoms with van der Waals surface area (Å²) in [6.07, 6.45) is 2.80. The van der Waals surface area contributed by atoms with E-state index in [9.17, 15) is 13.6 Å². The molecule has 1 saturated carbocycles. The average Bonchev–Trinajstić information content (AvgIpc) is 2.79. The lowest BCUT2D eigenvalue weighted by molar-refractivity contribution is 0.0923. The molecular formula is C13H16F2N2O. The summed E-state index contributed by atoms with van der Waals surface area (Å²) in [6, 6.07) is 3.55. The van der Waals surface area contributed by atoms with Crippen molar-refractivity contribution in [3.63, 3.8) is 0 Å². The van der Waals surface area contributed by atoms with Crippen molar-refractivity contribution in [3.8, 4) is 0 Å². The molecule has 1 aromatic rings. The van der Waals surface area contributed by atoms with E-state index in [0.29, 0.717) is 6.54 Å². The molecule has 18 heavy (non-hydrogen) atoms. The molecule has 0 bridgehead atoms. The standard InChI is InChI=1S/C13H16F2N2O/c14-10-5-2-4-9(12(10)15)13(18)17-11-6-1-3-8(11)7-16/h2,4-5,8,11H,1,3,6-7,16H2,(H,17,18). The van der Waals surface area contributed by atoms with Gasteiger partial charge in [0, 0.05) is 6.04 Å². The number of benzene rings is 1. The third-order valence-corrected chi connectivity index (χ3v) is 3.47. The Morgan fingerprint density at radius 3 is 2.89 bits per heavy atom. The fourth-order valence-electron chi connectivity index (χ4n) is 2.43. The highest BCUT2D eigenvalue weighted by atomic mass is 19.2. The fraction of sp³-hybridized carbons (Fsp3) is 0.462. The lowest BCUT2D eigenvalue weighted by atomic mass is 10.0. The second kappa shape index (κ2) is 5.44. The number of rotatable bonds is 3. The highest BCUT2D eigenvalue weighted by molar-refractivity contribution is 5.94. The monoisotopic (exact) mass is 254 g/mol. The Kier molecular flexibility index (Phi) is 3.91. The number of hydrogen-bond donors (Lipinski definition) is 2. The van der Waals surface area contributed by atoms with E-state index in [-0.39, 0.29) is 17.5 Å². The van der Waals surface area contributed by atoms with Crippen LogP contribution < -0.4 is 11.1 Å². The van der Waals surface area contributed by atoms with E-state index >= 15 is 0 Å². The SMILES string of the molecule is NCC1CCCC1NC(=O)c1cccc(F)c1F. The molecule has 1 aliphatic rings. The number of carbonyl (C=O) groups is 1. The number of amides is 1. The molecule has 0 heterocycles. The molecule has 1 amide bonds. The summed E-state index contributed by atoms with van der Waals surface area (Å²) in [5.74, 6) is -2.45. The van der Waals surface area contributed by atoms with Crippen LogP contribution in [0.5, 0.6) is 0 Å². The van der Waals surface area contributed by atoms with E-state index in [1.807, 2.05) is 0 Å². The third kappa shape index (κ3) is 2.51. The molecular weight excluding hydrogens is 238 g/mol. The number of hydrogen-bond acceptors (Lipinski definition) is 2. The smallest absolute Gasteiger partial charge is 0.254 e. The Labute approximate surface area is 104 Å². The molecule has 1 fully saturated rings. The fourth-order valence-corrected chi connectivity index (χ4v) is 2.43. The number of halogens is 2. The lowest BCUT2D eigenvalue weighted by Gasteiger charge is -2.19. The van der Waals surface area contributed by atoms with Crippen LogP contribution in [-0.2, 0) is 0 Å². The maximum atomic E-state index is 13.4. The van der Waals surface area contributed by atoms with Crippen LogP contribution in [0.25, 0.3) is 0 Å². The second-order valence-electron chi connectivity index (χ2n) is 4.61. The molecule has 2 unspecified atom stereocenters. The Balaban J connectivity index is 2.10. The summed E-state index contributed by atoms with van der Waals surface area (Å²) in [5, 5.41) is 2.74. The van der Waals surface area contributed by atoms with Gasteiger partial charge in [-0.3, -0.25) is 4.79 Å². The van der Waals surface area contributed by atoms with E-state index in [2.05, 4.69) is 5.32 Å². The molecule has 2 rings (SSSR count). The Morgan fingerprint density at radius 1 is 1.39 bits per heavy atom. The number of nitrogens with one attached hydrogen (secondary N) is 1. The Bertz CT molecular complexity index is 451. The van der Waals surface area contributed by atoms with Crippen molar-refractivity contribution in [2.24, 2.45) is 11.7 Å². The zero-order valence-corrected chi connectivity index (χ0v) is 9.96. The molecule has 0 saturated heterocycles. The first-order valence-corrected chi connectivity index (χ1v) is 6.08. The highest BCUT2D eigenvalue weighted by Crippen LogP contribution is 2.25. The predicted molar refractivity (Wildman–Crippen MR) is 64.0 cm³/mol. The summed E-state index contributed by atoms with van der Waals surface area (Å²) in [4.78, 5) is 11.9. The van der Waals surface area contributed by atoms with Crippen molar-refractivity contribution in [3.05, 3.63) is 35.4 Å². The van der Waals surface area contributed by atoms with Crippen LogP contribution in [0.4, 0.5) is 8.78 Å². The molecule has 0 aliphatic heterocycles. The normalized spacial score (nSPS) is 23.1. The van der Waals surface area contributed by atoms with Crippen molar-refractivity contribution < 1.29 is 13.6 Å². The largest absolute Gasteiger partial charge is 0.349 e. The number of carbonyl (C=O) groups excluding carboxylic acids is 1. The minimum absolute atomic E-state index is 0.0369. The zero-order chi connectivity index (χ0) is 13.1. The first kappa shape index (κ1) is 13.0. The first-order valence-electron chi connectivity index (χ1n) is 6.08. The van der Waals surface area contributed by atoms with Gasteiger partial charge in [-0.05, 0) is 37.4 Å². The summed E-state index contributed by atoms with van der Waals surface area (Å²) < 4.78 is 26.5. The van der Waals surface area contributed by atoms with Crippen LogP contribution in [0.3, 0.4) is 0 Å².